The molecule has 2 heterocycles. The Hall–Kier alpha value is -1.06. The van der Waals surface area contributed by atoms with E-state index in [9.17, 15) is 0 Å². The average Bonchev–Trinajstić information content (AvgIpc) is 2.93. The Morgan fingerprint density at radius 1 is 1.32 bits per heavy atom. The number of nitrogens with zero attached hydrogens (tertiary/aromatic N) is 1. The number of ether oxygens (including phenoxy) is 1. The van der Waals surface area contributed by atoms with Gasteiger partial charge in [0.25, 0.3) is 0 Å². The Balaban J connectivity index is 1.82. The number of piperazine rings is 1. The minimum Gasteiger partial charge on any atom is -0.493 e. The van der Waals surface area contributed by atoms with Gasteiger partial charge >= 0.3 is 0 Å². The van der Waals surface area contributed by atoms with Crippen LogP contribution in [-0.4, -0.2) is 37.7 Å². The number of fused-ring (bicyclic) bond motifs is 1. The molecule has 1 aromatic carbocycles. The molecular formula is C16H24N2O. The molecule has 3 nitrogen and oxygen atoms in total. The lowest BCUT2D eigenvalue weighted by molar-refractivity contribution is 0.164. The monoisotopic (exact) mass is 260 g/mol. The summed E-state index contributed by atoms with van der Waals surface area (Å²) in [5.74, 6) is 1.10. The second-order valence-electron chi connectivity index (χ2n) is 5.56. The van der Waals surface area contributed by atoms with Crippen LogP contribution in [0.4, 0.5) is 0 Å². The van der Waals surface area contributed by atoms with Gasteiger partial charge in [0.1, 0.15) is 5.75 Å². The minimum atomic E-state index is 0.581. The third kappa shape index (κ3) is 2.77. The van der Waals surface area contributed by atoms with Crippen LogP contribution in [0.1, 0.15) is 36.9 Å². The van der Waals surface area contributed by atoms with Crippen molar-refractivity contribution in [3.05, 3.63) is 29.3 Å². The van der Waals surface area contributed by atoms with Gasteiger partial charge in [0, 0.05) is 38.6 Å². The highest BCUT2D eigenvalue weighted by Gasteiger charge is 2.23. The van der Waals surface area contributed by atoms with E-state index in [0.29, 0.717) is 6.04 Å². The summed E-state index contributed by atoms with van der Waals surface area (Å²) >= 11 is 0. The Labute approximate surface area is 115 Å². The molecule has 1 atom stereocenters. The maximum absolute atomic E-state index is 5.62. The first-order valence-electron chi connectivity index (χ1n) is 7.59. The second-order valence-corrected chi connectivity index (χ2v) is 5.56. The van der Waals surface area contributed by atoms with Crippen LogP contribution >= 0.6 is 0 Å². The highest BCUT2D eigenvalue weighted by atomic mass is 16.5. The molecule has 1 N–H and O–H groups in total. The zero-order valence-electron chi connectivity index (χ0n) is 11.8. The van der Waals surface area contributed by atoms with Crippen molar-refractivity contribution in [3.63, 3.8) is 0 Å². The summed E-state index contributed by atoms with van der Waals surface area (Å²) in [6.45, 7) is 7.70. The average molecular weight is 260 g/mol. The molecule has 2 aliphatic heterocycles. The summed E-state index contributed by atoms with van der Waals surface area (Å²) < 4.78 is 5.62. The molecule has 1 saturated heterocycles. The van der Waals surface area contributed by atoms with Crippen LogP contribution in [0.5, 0.6) is 5.75 Å². The van der Waals surface area contributed by atoms with Crippen molar-refractivity contribution in [1.82, 2.24) is 10.2 Å². The smallest absolute Gasteiger partial charge is 0.122 e. The highest BCUT2D eigenvalue weighted by molar-refractivity contribution is 5.40. The van der Waals surface area contributed by atoms with Crippen molar-refractivity contribution in [2.24, 2.45) is 0 Å². The lowest BCUT2D eigenvalue weighted by Gasteiger charge is -2.35. The molecule has 0 unspecified atom stereocenters. The van der Waals surface area contributed by atoms with Crippen LogP contribution in [0.25, 0.3) is 0 Å². The molecule has 0 bridgehead atoms. The van der Waals surface area contributed by atoms with Gasteiger partial charge in [-0.3, -0.25) is 4.90 Å². The van der Waals surface area contributed by atoms with Crippen molar-refractivity contribution in [1.29, 1.82) is 0 Å². The normalized spacial score (nSPS) is 20.9. The van der Waals surface area contributed by atoms with Crippen LogP contribution in [0.3, 0.4) is 0 Å². The fourth-order valence-corrected chi connectivity index (χ4v) is 3.24. The van der Waals surface area contributed by atoms with Crippen LogP contribution in [0, 0.1) is 0 Å². The van der Waals surface area contributed by atoms with E-state index in [1.807, 2.05) is 0 Å². The highest BCUT2D eigenvalue weighted by Crippen LogP contribution is 2.32. The molecule has 1 aromatic rings. The summed E-state index contributed by atoms with van der Waals surface area (Å²) in [5.41, 5.74) is 2.88. The van der Waals surface area contributed by atoms with Gasteiger partial charge in [-0.15, -0.1) is 0 Å². The predicted molar refractivity (Wildman–Crippen MR) is 77.7 cm³/mol. The van der Waals surface area contributed by atoms with Gasteiger partial charge in [0.05, 0.1) is 6.61 Å². The third-order valence-corrected chi connectivity index (χ3v) is 4.25. The maximum atomic E-state index is 5.62. The van der Waals surface area contributed by atoms with Crippen molar-refractivity contribution in [2.45, 2.75) is 32.2 Å². The van der Waals surface area contributed by atoms with Crippen LogP contribution in [-0.2, 0) is 6.42 Å². The summed E-state index contributed by atoms with van der Waals surface area (Å²) in [4.78, 5) is 2.64. The quantitative estimate of drug-likeness (QED) is 0.899. The summed E-state index contributed by atoms with van der Waals surface area (Å²) in [6, 6.07) is 7.40. The van der Waals surface area contributed by atoms with Gasteiger partial charge in [-0.25, -0.2) is 0 Å². The second kappa shape index (κ2) is 5.93. The van der Waals surface area contributed by atoms with E-state index in [0.717, 1.165) is 45.0 Å². The fraction of sp³-hybridized carbons (Fsp3) is 0.625. The molecule has 2 aliphatic rings. The molecule has 0 aromatic heterocycles. The molecule has 0 saturated carbocycles. The van der Waals surface area contributed by atoms with Gasteiger partial charge in [-0.1, -0.05) is 25.5 Å². The zero-order valence-corrected chi connectivity index (χ0v) is 11.8. The zero-order chi connectivity index (χ0) is 13.1. The van der Waals surface area contributed by atoms with E-state index in [-0.39, 0.29) is 0 Å². The van der Waals surface area contributed by atoms with Gasteiger partial charge in [0.15, 0.2) is 0 Å². The SMILES string of the molecule is CCC[C@@H](c1ccc2c(c1)CCO2)N1CCNCC1. The minimum absolute atomic E-state index is 0.581. The Kier molecular flexibility index (Phi) is 4.04. The van der Waals surface area contributed by atoms with E-state index in [4.69, 9.17) is 4.74 Å². The standard InChI is InChI=1S/C16H24N2O/c1-2-3-15(18-9-7-17-8-10-18)13-4-5-16-14(12-13)6-11-19-16/h4-5,12,15,17H,2-3,6-11H2,1H3/t15-/m0/s1. The summed E-state index contributed by atoms with van der Waals surface area (Å²) in [5, 5.41) is 3.44. The van der Waals surface area contributed by atoms with Gasteiger partial charge in [0.2, 0.25) is 0 Å². The lowest BCUT2D eigenvalue weighted by Crippen LogP contribution is -2.45. The first-order valence-corrected chi connectivity index (χ1v) is 7.59. The van der Waals surface area contributed by atoms with Gasteiger partial charge in [-0.05, 0) is 23.6 Å². The molecular weight excluding hydrogens is 236 g/mol. The number of benzene rings is 1. The van der Waals surface area contributed by atoms with Crippen LogP contribution in [0.15, 0.2) is 18.2 Å². The molecule has 0 aliphatic carbocycles. The van der Waals surface area contributed by atoms with E-state index in [2.05, 4.69) is 35.3 Å². The van der Waals surface area contributed by atoms with Crippen molar-refractivity contribution in [2.75, 3.05) is 32.8 Å². The van der Waals surface area contributed by atoms with Gasteiger partial charge < -0.3 is 10.1 Å². The molecule has 1 fully saturated rings. The van der Waals surface area contributed by atoms with E-state index in [1.54, 1.807) is 0 Å². The number of hydrogen-bond donors (Lipinski definition) is 1. The Morgan fingerprint density at radius 2 is 2.16 bits per heavy atom. The fourth-order valence-electron chi connectivity index (χ4n) is 3.24. The molecule has 3 heteroatoms. The van der Waals surface area contributed by atoms with Crippen molar-refractivity contribution in [3.8, 4) is 5.75 Å². The largest absolute Gasteiger partial charge is 0.493 e. The Bertz CT molecular complexity index is 427. The summed E-state index contributed by atoms with van der Waals surface area (Å²) in [7, 11) is 0. The lowest BCUT2D eigenvalue weighted by atomic mass is 9.97. The van der Waals surface area contributed by atoms with Crippen molar-refractivity contribution >= 4 is 0 Å². The van der Waals surface area contributed by atoms with Crippen LogP contribution < -0.4 is 10.1 Å². The molecule has 19 heavy (non-hydrogen) atoms. The molecule has 104 valence electrons. The molecule has 0 amide bonds. The topological polar surface area (TPSA) is 24.5 Å². The van der Waals surface area contributed by atoms with E-state index >= 15 is 0 Å². The maximum Gasteiger partial charge on any atom is 0.122 e. The Morgan fingerprint density at radius 3 is 2.95 bits per heavy atom. The molecule has 0 spiro atoms. The number of nitrogens with one attached hydrogen (secondary N) is 1. The van der Waals surface area contributed by atoms with Crippen molar-refractivity contribution < 1.29 is 4.74 Å². The van der Waals surface area contributed by atoms with E-state index in [1.165, 1.54) is 24.0 Å². The van der Waals surface area contributed by atoms with Gasteiger partial charge in [-0.2, -0.15) is 0 Å². The summed E-state index contributed by atoms with van der Waals surface area (Å²) in [6.07, 6.45) is 3.56. The first kappa shape index (κ1) is 12.9. The predicted octanol–water partition coefficient (Wildman–Crippen LogP) is 2.37. The van der Waals surface area contributed by atoms with E-state index < -0.39 is 0 Å². The third-order valence-electron chi connectivity index (χ3n) is 4.25. The number of hydrogen-bond acceptors (Lipinski definition) is 3. The first-order chi connectivity index (χ1) is 9.38. The molecule has 3 rings (SSSR count). The number of rotatable bonds is 4. The van der Waals surface area contributed by atoms with Crippen LogP contribution in [0.2, 0.25) is 0 Å². The molecule has 0 radical (unpaired) electrons.